The number of rotatable bonds is 24. The molecule has 1 aliphatic heterocycles. The Labute approximate surface area is 290 Å². The lowest BCUT2D eigenvalue weighted by molar-refractivity contribution is -0.153. The molecule has 5 aliphatic rings. The monoisotopic (exact) mass is 671 g/mol. The Hall–Kier alpha value is -2.09. The first-order valence-electron chi connectivity index (χ1n) is 19.9. The topological polar surface area (TPSA) is 91.4 Å². The molecule has 2 saturated carbocycles. The van der Waals surface area contributed by atoms with Gasteiger partial charge < -0.3 is 23.8 Å². The van der Waals surface area contributed by atoms with Gasteiger partial charge in [0.2, 0.25) is 0 Å². The number of allylic oxidation sites excluding steroid dienone is 2. The molecule has 0 N–H and O–H groups in total. The molecule has 1 heterocycles. The van der Waals surface area contributed by atoms with Crippen molar-refractivity contribution in [3.05, 3.63) is 11.6 Å². The molecule has 8 nitrogen and oxygen atoms in total. The third kappa shape index (κ3) is 11.5. The van der Waals surface area contributed by atoms with Crippen molar-refractivity contribution >= 4 is 18.1 Å². The number of likely N-dealkylation sites (tertiary alicyclic amines) is 1. The van der Waals surface area contributed by atoms with Gasteiger partial charge in [0, 0.05) is 13.0 Å². The quantitative estimate of drug-likeness (QED) is 0.0435. The number of hydrogen-bond acceptors (Lipinski definition) is 8. The minimum absolute atomic E-state index is 0.0192. The van der Waals surface area contributed by atoms with Crippen LogP contribution in [-0.2, 0) is 28.5 Å². The zero-order valence-corrected chi connectivity index (χ0v) is 30.1. The van der Waals surface area contributed by atoms with E-state index in [4.69, 9.17) is 18.9 Å². The molecule has 4 atom stereocenters. The van der Waals surface area contributed by atoms with E-state index in [0.717, 1.165) is 58.2 Å². The van der Waals surface area contributed by atoms with Crippen LogP contribution in [0.1, 0.15) is 148 Å². The standard InChI is InChI=1S/C40H65NO7/c1-2-3-4-5-6-7-8-9-10-11-12-16-36(42)46-28-33(30-48-38(44)45-22-15-21-41-19-13-14-20-41)29-47-37(43)27-40-25-32-23-34(35(40)24-32)26-39(31-40)17-18-39/h24,33-35H,2-23,25-31H2,1H3/t33?,34-,35?,40?/m0/s1. The molecule has 8 heteroatoms. The summed E-state index contributed by atoms with van der Waals surface area (Å²) in [7, 11) is 0. The van der Waals surface area contributed by atoms with E-state index in [2.05, 4.69) is 17.9 Å². The first kappa shape index (κ1) is 37.2. The van der Waals surface area contributed by atoms with Crippen molar-refractivity contribution in [1.82, 2.24) is 4.90 Å². The molecular formula is C40H65NO7. The lowest BCUT2D eigenvalue weighted by Gasteiger charge is -2.49. The van der Waals surface area contributed by atoms with E-state index >= 15 is 0 Å². The van der Waals surface area contributed by atoms with Crippen molar-refractivity contribution < 1.29 is 33.3 Å². The second kappa shape index (κ2) is 18.8. The summed E-state index contributed by atoms with van der Waals surface area (Å²) in [6.07, 6.45) is 26.6. The van der Waals surface area contributed by atoms with Gasteiger partial charge in [-0.05, 0) is 100.0 Å². The molecule has 272 valence electrons. The Morgan fingerprint density at radius 2 is 1.46 bits per heavy atom. The van der Waals surface area contributed by atoms with Gasteiger partial charge in [0.25, 0.3) is 0 Å². The first-order valence-corrected chi connectivity index (χ1v) is 19.9. The van der Waals surface area contributed by atoms with Crippen LogP contribution in [0.3, 0.4) is 0 Å². The van der Waals surface area contributed by atoms with Crippen molar-refractivity contribution in [3.8, 4) is 0 Å². The summed E-state index contributed by atoms with van der Waals surface area (Å²) >= 11 is 0. The molecule has 0 aromatic carbocycles. The second-order valence-corrected chi connectivity index (χ2v) is 16.2. The van der Waals surface area contributed by atoms with E-state index in [0.29, 0.717) is 36.7 Å². The Morgan fingerprint density at radius 3 is 2.12 bits per heavy atom. The zero-order chi connectivity index (χ0) is 33.7. The van der Waals surface area contributed by atoms with Crippen molar-refractivity contribution in [3.63, 3.8) is 0 Å². The van der Waals surface area contributed by atoms with Crippen molar-refractivity contribution in [2.75, 3.05) is 46.1 Å². The number of carbonyl (C=O) groups is 3. The number of ether oxygens (including phenoxy) is 4. The predicted molar refractivity (Wildman–Crippen MR) is 186 cm³/mol. The molecule has 3 fully saturated rings. The van der Waals surface area contributed by atoms with Gasteiger partial charge in [-0.2, -0.15) is 0 Å². The van der Waals surface area contributed by atoms with Crippen LogP contribution in [0.25, 0.3) is 0 Å². The smallest absolute Gasteiger partial charge is 0.465 e. The van der Waals surface area contributed by atoms with Crippen LogP contribution >= 0.6 is 0 Å². The number of esters is 2. The molecule has 0 amide bonds. The zero-order valence-electron chi connectivity index (χ0n) is 30.1. The molecule has 48 heavy (non-hydrogen) atoms. The van der Waals surface area contributed by atoms with Gasteiger partial charge in [-0.1, -0.05) is 82.8 Å². The van der Waals surface area contributed by atoms with Crippen molar-refractivity contribution in [2.24, 2.45) is 28.6 Å². The molecule has 2 bridgehead atoms. The van der Waals surface area contributed by atoms with Crippen LogP contribution in [0.5, 0.6) is 0 Å². The fourth-order valence-corrected chi connectivity index (χ4v) is 9.44. The summed E-state index contributed by atoms with van der Waals surface area (Å²) in [5, 5.41) is 0. The molecule has 0 radical (unpaired) electrons. The van der Waals surface area contributed by atoms with Gasteiger partial charge in [-0.15, -0.1) is 0 Å². The van der Waals surface area contributed by atoms with E-state index in [1.807, 2.05) is 0 Å². The summed E-state index contributed by atoms with van der Waals surface area (Å²) in [5.41, 5.74) is 2.04. The van der Waals surface area contributed by atoms with Crippen LogP contribution < -0.4 is 0 Å². The lowest BCUT2D eigenvalue weighted by Crippen LogP contribution is -2.43. The van der Waals surface area contributed by atoms with Gasteiger partial charge in [-0.25, -0.2) is 4.79 Å². The highest BCUT2D eigenvalue weighted by Gasteiger charge is 2.63. The molecule has 0 aromatic heterocycles. The van der Waals surface area contributed by atoms with E-state index in [9.17, 15) is 14.4 Å². The highest BCUT2D eigenvalue weighted by Crippen LogP contribution is 2.72. The summed E-state index contributed by atoms with van der Waals surface area (Å²) in [5.74, 6) is 0.361. The molecule has 1 saturated heterocycles. The fraction of sp³-hybridized carbons (Fsp3) is 0.875. The van der Waals surface area contributed by atoms with E-state index in [1.165, 1.54) is 89.9 Å². The maximum Gasteiger partial charge on any atom is 0.508 e. The second-order valence-electron chi connectivity index (χ2n) is 16.2. The molecule has 3 unspecified atom stereocenters. The van der Waals surface area contributed by atoms with Crippen LogP contribution in [-0.4, -0.2) is 69.1 Å². The summed E-state index contributed by atoms with van der Waals surface area (Å²) in [4.78, 5) is 40.6. The third-order valence-corrected chi connectivity index (χ3v) is 12.0. The van der Waals surface area contributed by atoms with E-state index < -0.39 is 12.1 Å². The maximum absolute atomic E-state index is 13.3. The number of hydrogen-bond donors (Lipinski definition) is 0. The van der Waals surface area contributed by atoms with E-state index in [-0.39, 0.29) is 37.2 Å². The van der Waals surface area contributed by atoms with Crippen LogP contribution in [0, 0.1) is 28.6 Å². The summed E-state index contributed by atoms with van der Waals surface area (Å²) in [6.45, 7) is 5.80. The average molecular weight is 672 g/mol. The highest BCUT2D eigenvalue weighted by atomic mass is 16.7. The average Bonchev–Trinajstić information content (AvgIpc) is 3.39. The van der Waals surface area contributed by atoms with Crippen LogP contribution in [0.4, 0.5) is 4.79 Å². The largest absolute Gasteiger partial charge is 0.508 e. The third-order valence-electron chi connectivity index (χ3n) is 12.0. The summed E-state index contributed by atoms with van der Waals surface area (Å²) in [6, 6.07) is 0. The van der Waals surface area contributed by atoms with Crippen molar-refractivity contribution in [2.45, 2.75) is 148 Å². The highest BCUT2D eigenvalue weighted by molar-refractivity contribution is 5.71. The number of unbranched alkanes of at least 4 members (excludes halogenated alkanes) is 10. The van der Waals surface area contributed by atoms with Gasteiger partial charge >= 0.3 is 18.1 Å². The minimum atomic E-state index is -0.726. The SMILES string of the molecule is CCCCCCCCCCCCCC(=O)OCC(COC(=O)CC12CC3=CC1[C@@H](C3)CC1(CC1)C2)COC(=O)OCCCN1CCCC1. The van der Waals surface area contributed by atoms with Crippen LogP contribution in [0.15, 0.2) is 11.6 Å². The maximum atomic E-state index is 13.3. The number of nitrogens with zero attached hydrogens (tertiary/aromatic N) is 1. The minimum Gasteiger partial charge on any atom is -0.465 e. The van der Waals surface area contributed by atoms with E-state index in [1.54, 1.807) is 5.57 Å². The van der Waals surface area contributed by atoms with Crippen LogP contribution in [0.2, 0.25) is 0 Å². The Morgan fingerprint density at radius 1 is 0.812 bits per heavy atom. The Balaban J connectivity index is 0.997. The Bertz CT molecular complexity index is 1060. The lowest BCUT2D eigenvalue weighted by atomic mass is 9.54. The van der Waals surface area contributed by atoms with Gasteiger partial charge in [-0.3, -0.25) is 9.59 Å². The molecule has 0 aromatic rings. The van der Waals surface area contributed by atoms with Gasteiger partial charge in [0.05, 0.1) is 18.9 Å². The fourth-order valence-electron chi connectivity index (χ4n) is 9.44. The van der Waals surface area contributed by atoms with Gasteiger partial charge in [0.15, 0.2) is 0 Å². The normalized spacial score (nSPS) is 25.6. The first-order chi connectivity index (χ1) is 23.4. The molecule has 4 aliphatic carbocycles. The molecule has 1 spiro atoms. The number of carbonyl (C=O) groups excluding carboxylic acids is 3. The Kier molecular flexibility index (Phi) is 14.5. The molecule has 5 rings (SSSR count). The summed E-state index contributed by atoms with van der Waals surface area (Å²) < 4.78 is 22.2. The predicted octanol–water partition coefficient (Wildman–Crippen LogP) is 8.95. The molecular weight excluding hydrogens is 606 g/mol. The van der Waals surface area contributed by atoms with Crippen molar-refractivity contribution in [1.29, 1.82) is 0 Å². The van der Waals surface area contributed by atoms with Gasteiger partial charge in [0.1, 0.15) is 19.8 Å².